The summed E-state index contributed by atoms with van der Waals surface area (Å²) in [5.74, 6) is -0.0405. The van der Waals surface area contributed by atoms with E-state index in [1.54, 1.807) is 62.4 Å². The molecule has 50 heavy (non-hydrogen) atoms. The molecule has 278 valence electrons. The molecule has 0 fully saturated rings. The number of hydrogen-bond acceptors (Lipinski definition) is 5. The third kappa shape index (κ3) is 12.6. The summed E-state index contributed by atoms with van der Waals surface area (Å²) in [6.07, 6.45) is 8.58. The number of nitrogens with one attached hydrogen (secondary N) is 2. The van der Waals surface area contributed by atoms with E-state index in [2.05, 4.69) is 71.3 Å². The number of allylic oxidation sites excluding steroid dienone is 2. The van der Waals surface area contributed by atoms with Gasteiger partial charge in [-0.3, -0.25) is 14.4 Å². The summed E-state index contributed by atoms with van der Waals surface area (Å²) in [6.45, 7) is 23.8. The molecule has 0 saturated heterocycles. The molecule has 2 rings (SSSR count). The average molecular weight is 711 g/mol. The summed E-state index contributed by atoms with van der Waals surface area (Å²) in [4.78, 5) is 39.0. The molecule has 0 heterocycles. The fourth-order valence-electron chi connectivity index (χ4n) is 6.08. The molecular weight excluding hydrogens is 648 g/mol. The van der Waals surface area contributed by atoms with Gasteiger partial charge in [0.05, 0.1) is 6.10 Å². The van der Waals surface area contributed by atoms with Gasteiger partial charge in [0.15, 0.2) is 11.4 Å². The molecule has 0 aliphatic heterocycles. The molecule has 8 heteroatoms. The van der Waals surface area contributed by atoms with Crippen molar-refractivity contribution < 1.29 is 24.2 Å². The Kier molecular flexibility index (Phi) is 15.4. The Hall–Kier alpha value is -3.16. The van der Waals surface area contributed by atoms with Crippen LogP contribution in [0.1, 0.15) is 131 Å². The van der Waals surface area contributed by atoms with Crippen LogP contribution in [0.3, 0.4) is 0 Å². The highest BCUT2D eigenvalue weighted by Gasteiger charge is 2.43. The van der Waals surface area contributed by atoms with Gasteiger partial charge in [0.25, 0.3) is 5.91 Å². The fraction of sp³-hybridized carbons (Fsp3) is 0.595. The Morgan fingerprint density at radius 1 is 0.780 bits per heavy atom. The Morgan fingerprint density at radius 3 is 1.78 bits per heavy atom. The fourth-order valence-corrected chi connectivity index (χ4v) is 6.20. The van der Waals surface area contributed by atoms with Gasteiger partial charge >= 0.3 is 0 Å². The van der Waals surface area contributed by atoms with Gasteiger partial charge in [-0.1, -0.05) is 92.5 Å². The van der Waals surface area contributed by atoms with Gasteiger partial charge in [-0.05, 0) is 111 Å². The number of halogens is 1. The van der Waals surface area contributed by atoms with Crippen LogP contribution < -0.4 is 15.4 Å². The summed E-state index contributed by atoms with van der Waals surface area (Å²) in [7, 11) is 0. The first kappa shape index (κ1) is 43.0. The molecule has 0 aromatic heterocycles. The summed E-state index contributed by atoms with van der Waals surface area (Å²) < 4.78 is 5.95. The average Bonchev–Trinajstić information content (AvgIpc) is 3.04. The van der Waals surface area contributed by atoms with Crippen molar-refractivity contribution in [1.82, 2.24) is 10.6 Å². The number of amides is 2. The van der Waals surface area contributed by atoms with E-state index in [-0.39, 0.29) is 40.4 Å². The predicted molar refractivity (Wildman–Crippen MR) is 206 cm³/mol. The maximum Gasteiger partial charge on any atom is 0.263 e. The van der Waals surface area contributed by atoms with Crippen molar-refractivity contribution in [2.45, 2.75) is 126 Å². The zero-order valence-electron chi connectivity index (χ0n) is 32.5. The second-order valence-electron chi connectivity index (χ2n) is 16.6. The summed E-state index contributed by atoms with van der Waals surface area (Å²) in [5, 5.41) is 17.0. The van der Waals surface area contributed by atoms with E-state index in [9.17, 15) is 19.5 Å². The first-order valence-electron chi connectivity index (χ1n) is 18.1. The molecule has 0 spiro atoms. The Bertz CT molecular complexity index is 1440. The molecule has 0 bridgehead atoms. The molecule has 2 amide bonds. The van der Waals surface area contributed by atoms with Gasteiger partial charge in [0.2, 0.25) is 5.91 Å². The largest absolute Gasteiger partial charge is 0.478 e. The molecule has 0 radical (unpaired) electrons. The lowest BCUT2D eigenvalue weighted by Gasteiger charge is -2.46. The minimum atomic E-state index is -1.18. The molecule has 0 aliphatic rings. The molecule has 2 unspecified atom stereocenters. The van der Waals surface area contributed by atoms with Gasteiger partial charge in [-0.2, -0.15) is 0 Å². The van der Waals surface area contributed by atoms with E-state index in [4.69, 9.17) is 16.3 Å². The highest BCUT2D eigenvalue weighted by molar-refractivity contribution is 6.30. The van der Waals surface area contributed by atoms with Gasteiger partial charge < -0.3 is 20.5 Å². The van der Waals surface area contributed by atoms with E-state index in [1.165, 1.54) is 0 Å². The topological polar surface area (TPSA) is 105 Å². The van der Waals surface area contributed by atoms with Crippen LogP contribution in [0.15, 0.2) is 60.7 Å². The molecule has 3 N–H and O–H groups in total. The normalized spacial score (nSPS) is 14.6. The zero-order valence-corrected chi connectivity index (χ0v) is 33.2. The van der Waals surface area contributed by atoms with Crippen LogP contribution in [0.2, 0.25) is 5.02 Å². The lowest BCUT2D eigenvalue weighted by atomic mass is 9.59. The van der Waals surface area contributed by atoms with Crippen molar-refractivity contribution in [2.24, 2.45) is 21.7 Å². The van der Waals surface area contributed by atoms with Crippen molar-refractivity contribution in [3.8, 4) is 5.75 Å². The Labute approximate surface area is 307 Å². The van der Waals surface area contributed by atoms with E-state index in [0.717, 1.165) is 25.7 Å². The minimum absolute atomic E-state index is 0.0260. The highest BCUT2D eigenvalue weighted by Crippen LogP contribution is 2.50. The first-order valence-corrected chi connectivity index (χ1v) is 18.5. The van der Waals surface area contributed by atoms with Crippen LogP contribution in [0.4, 0.5) is 0 Å². The second-order valence-corrected chi connectivity index (χ2v) is 17.0. The standard InChI is InChI=1S/C42H63ClN2O5/c1-12-38(3,4)25-14-26-42(11,13-2)40(7,8)29-39(5,6)36(48)44-27-23-33(46)24-28-45-37(49)41(9,10)50-34-21-17-31(18-22-34)35(47)30-15-19-32(43)20-16-30/h14-22,26,33,46H,12-13,23-25,27-29H2,1-11H3,(H,44,48)(H,45,49). The number of aliphatic hydroxyl groups excluding tert-OH is 1. The van der Waals surface area contributed by atoms with Gasteiger partial charge in [0.1, 0.15) is 5.75 Å². The lowest BCUT2D eigenvalue weighted by Crippen LogP contribution is -2.47. The Balaban J connectivity index is 1.81. The van der Waals surface area contributed by atoms with Crippen LogP contribution in [-0.4, -0.2) is 47.5 Å². The molecule has 0 saturated carbocycles. The SMILES string of the molecule is CCC(C)(C)CC=CC(C)(CC)C(C)(C)CC(C)(C)C(=O)NCCC(O)CCNC(=O)C(C)(C)Oc1ccc(C(=O)c2ccc(Cl)cc2)cc1. The summed E-state index contributed by atoms with van der Waals surface area (Å²) in [6, 6.07) is 13.3. The van der Waals surface area contributed by atoms with Crippen LogP contribution >= 0.6 is 11.6 Å². The van der Waals surface area contributed by atoms with Gasteiger partial charge in [-0.25, -0.2) is 0 Å². The number of carbonyl (C=O) groups is 3. The van der Waals surface area contributed by atoms with Crippen LogP contribution in [0.5, 0.6) is 5.75 Å². The first-order chi connectivity index (χ1) is 23.1. The number of rotatable bonds is 20. The van der Waals surface area contributed by atoms with Crippen molar-refractivity contribution in [2.75, 3.05) is 13.1 Å². The summed E-state index contributed by atoms with van der Waals surface area (Å²) in [5.41, 5.74) is -0.657. The number of carbonyl (C=O) groups excluding carboxylic acids is 3. The van der Waals surface area contributed by atoms with Gasteiger partial charge in [0, 0.05) is 34.7 Å². The molecule has 0 aliphatic carbocycles. The quantitative estimate of drug-likeness (QED) is 0.0939. The third-order valence-corrected chi connectivity index (χ3v) is 10.8. The summed E-state index contributed by atoms with van der Waals surface area (Å²) >= 11 is 5.92. The van der Waals surface area contributed by atoms with Crippen LogP contribution in [-0.2, 0) is 9.59 Å². The van der Waals surface area contributed by atoms with Crippen LogP contribution in [0.25, 0.3) is 0 Å². The minimum Gasteiger partial charge on any atom is -0.478 e. The molecule has 7 nitrogen and oxygen atoms in total. The smallest absolute Gasteiger partial charge is 0.263 e. The van der Waals surface area contributed by atoms with Gasteiger partial charge in [-0.15, -0.1) is 0 Å². The number of benzene rings is 2. The molecular formula is C42H63ClN2O5. The van der Waals surface area contributed by atoms with E-state index in [1.807, 2.05) is 13.8 Å². The maximum atomic E-state index is 13.3. The lowest BCUT2D eigenvalue weighted by molar-refractivity contribution is -0.134. The number of hydrogen-bond donors (Lipinski definition) is 3. The molecule has 2 aromatic rings. The Morgan fingerprint density at radius 2 is 1.28 bits per heavy atom. The highest BCUT2D eigenvalue weighted by atomic mass is 35.5. The van der Waals surface area contributed by atoms with E-state index < -0.39 is 17.1 Å². The van der Waals surface area contributed by atoms with Crippen LogP contribution in [0, 0.1) is 21.7 Å². The molecule has 2 aromatic carbocycles. The third-order valence-electron chi connectivity index (χ3n) is 10.6. The predicted octanol–water partition coefficient (Wildman–Crippen LogP) is 9.34. The molecule has 2 atom stereocenters. The monoisotopic (exact) mass is 710 g/mol. The van der Waals surface area contributed by atoms with E-state index >= 15 is 0 Å². The second kappa shape index (κ2) is 17.9. The van der Waals surface area contributed by atoms with Crippen molar-refractivity contribution in [3.05, 3.63) is 76.8 Å². The van der Waals surface area contributed by atoms with E-state index in [0.29, 0.717) is 41.3 Å². The van der Waals surface area contributed by atoms with Crippen molar-refractivity contribution >= 4 is 29.2 Å². The van der Waals surface area contributed by atoms with Crippen molar-refractivity contribution in [1.29, 1.82) is 0 Å². The maximum absolute atomic E-state index is 13.3. The number of ether oxygens (including phenoxy) is 1. The number of ketones is 1. The zero-order chi connectivity index (χ0) is 38.0. The number of aliphatic hydroxyl groups is 1. The van der Waals surface area contributed by atoms with Crippen molar-refractivity contribution in [3.63, 3.8) is 0 Å².